The Morgan fingerprint density at radius 2 is 1.09 bits per heavy atom. The van der Waals surface area contributed by atoms with Crippen molar-refractivity contribution in [2.75, 3.05) is 9.44 Å². The van der Waals surface area contributed by atoms with Crippen LogP contribution in [0.2, 0.25) is 10.0 Å². The summed E-state index contributed by atoms with van der Waals surface area (Å²) in [6.07, 6.45) is 0. The van der Waals surface area contributed by atoms with E-state index in [1.807, 2.05) is 0 Å². The Kier molecular flexibility index (Phi) is 6.32. The molecule has 0 saturated heterocycles. The lowest BCUT2D eigenvalue weighted by atomic mass is 10.2. The van der Waals surface area contributed by atoms with Gasteiger partial charge in [0.15, 0.2) is 0 Å². The third-order valence-electron chi connectivity index (χ3n) is 5.35. The van der Waals surface area contributed by atoms with Crippen LogP contribution >= 0.6 is 57.2 Å². The fourth-order valence-corrected chi connectivity index (χ4v) is 10.5. The van der Waals surface area contributed by atoms with Gasteiger partial charge in [0.2, 0.25) is 0 Å². The van der Waals surface area contributed by atoms with Crippen molar-refractivity contribution in [3.63, 3.8) is 0 Å². The molecule has 0 fully saturated rings. The van der Waals surface area contributed by atoms with E-state index in [4.69, 9.17) is 23.2 Å². The summed E-state index contributed by atoms with van der Waals surface area (Å²) in [5.74, 6) is 0. The molecule has 0 aliphatic heterocycles. The van der Waals surface area contributed by atoms with Gasteiger partial charge < -0.3 is 0 Å². The molecule has 2 N–H and O–H groups in total. The molecule has 2 aromatic carbocycles. The average Bonchev–Trinajstić information content (AvgIpc) is 3.45. The van der Waals surface area contributed by atoms with E-state index in [0.29, 0.717) is 21.2 Å². The number of sulfonamides is 2. The lowest BCUT2D eigenvalue weighted by molar-refractivity contribution is 0.600. The number of fused-ring (bicyclic) bond motifs is 2. The van der Waals surface area contributed by atoms with Crippen LogP contribution in [0.15, 0.2) is 55.6 Å². The Hall–Kier alpha value is -1.86. The summed E-state index contributed by atoms with van der Waals surface area (Å²) in [5.41, 5.74) is 1.46. The van der Waals surface area contributed by atoms with Crippen LogP contribution in [0.1, 0.15) is 11.1 Å². The smallest absolute Gasteiger partial charge is 0.271 e. The first kappa shape index (κ1) is 24.8. The van der Waals surface area contributed by atoms with E-state index in [0.717, 1.165) is 42.8 Å². The maximum atomic E-state index is 13.2. The van der Waals surface area contributed by atoms with Gasteiger partial charge in [0, 0.05) is 30.2 Å². The molecule has 0 spiro atoms. The molecular formula is C22H16Cl2N2O4S5. The van der Waals surface area contributed by atoms with Crippen LogP contribution < -0.4 is 9.44 Å². The SMILES string of the molecule is Cc1c(S(=O)(=O)Nc2cscc2NS(=O)(=O)c2sc3ccc(Cl)cc3c2C)sc2ccc(Cl)cc12. The molecule has 0 atom stereocenters. The maximum absolute atomic E-state index is 13.2. The number of anilines is 2. The lowest BCUT2D eigenvalue weighted by Gasteiger charge is -2.11. The van der Waals surface area contributed by atoms with Crippen LogP contribution in [0.25, 0.3) is 20.2 Å². The normalized spacial score (nSPS) is 12.5. The Morgan fingerprint density at radius 3 is 1.49 bits per heavy atom. The molecule has 0 amide bonds. The quantitative estimate of drug-likeness (QED) is 0.208. The highest BCUT2D eigenvalue weighted by Crippen LogP contribution is 2.40. The topological polar surface area (TPSA) is 92.3 Å². The van der Waals surface area contributed by atoms with Gasteiger partial charge >= 0.3 is 0 Å². The van der Waals surface area contributed by atoms with Crippen LogP contribution in [0.3, 0.4) is 0 Å². The second kappa shape index (κ2) is 8.91. The fraction of sp³-hybridized carbons (Fsp3) is 0.0909. The molecular weight excluding hydrogens is 587 g/mol. The van der Waals surface area contributed by atoms with E-state index in [-0.39, 0.29) is 19.8 Å². The molecule has 5 aromatic rings. The highest BCUT2D eigenvalue weighted by atomic mass is 35.5. The summed E-state index contributed by atoms with van der Waals surface area (Å²) in [5, 5.41) is 5.65. The summed E-state index contributed by atoms with van der Waals surface area (Å²) in [4.78, 5) is 0. The summed E-state index contributed by atoms with van der Waals surface area (Å²) < 4.78 is 60.0. The van der Waals surface area contributed by atoms with Gasteiger partial charge in [0.25, 0.3) is 20.0 Å². The van der Waals surface area contributed by atoms with Crippen molar-refractivity contribution in [1.29, 1.82) is 0 Å². The summed E-state index contributed by atoms with van der Waals surface area (Å²) in [6.45, 7) is 3.44. The second-order valence-electron chi connectivity index (χ2n) is 7.72. The lowest BCUT2D eigenvalue weighted by Crippen LogP contribution is -2.16. The molecule has 0 aliphatic carbocycles. The van der Waals surface area contributed by atoms with Gasteiger partial charge in [0.1, 0.15) is 8.42 Å². The predicted octanol–water partition coefficient (Wildman–Crippen LogP) is 7.70. The highest BCUT2D eigenvalue weighted by molar-refractivity contribution is 7.95. The van der Waals surface area contributed by atoms with E-state index in [1.54, 1.807) is 61.0 Å². The van der Waals surface area contributed by atoms with Crippen molar-refractivity contribution in [2.24, 2.45) is 0 Å². The molecule has 0 radical (unpaired) electrons. The monoisotopic (exact) mass is 602 g/mol. The predicted molar refractivity (Wildman–Crippen MR) is 149 cm³/mol. The number of thiophene rings is 3. The molecule has 35 heavy (non-hydrogen) atoms. The van der Waals surface area contributed by atoms with Crippen molar-refractivity contribution in [3.8, 4) is 0 Å². The summed E-state index contributed by atoms with van der Waals surface area (Å²) in [7, 11) is -7.96. The summed E-state index contributed by atoms with van der Waals surface area (Å²) >= 11 is 15.6. The van der Waals surface area contributed by atoms with Gasteiger partial charge in [-0.05, 0) is 72.1 Å². The molecule has 3 aromatic heterocycles. The first-order valence-electron chi connectivity index (χ1n) is 9.95. The minimum Gasteiger partial charge on any atom is -0.276 e. The van der Waals surface area contributed by atoms with Gasteiger partial charge in [-0.2, -0.15) is 0 Å². The molecule has 0 bridgehead atoms. The molecule has 182 valence electrons. The number of hydrogen-bond acceptors (Lipinski definition) is 7. The Morgan fingerprint density at radius 1 is 0.686 bits per heavy atom. The minimum absolute atomic E-state index is 0.145. The van der Waals surface area contributed by atoms with Crippen LogP contribution in [-0.2, 0) is 20.0 Å². The van der Waals surface area contributed by atoms with E-state index in [9.17, 15) is 16.8 Å². The zero-order chi connectivity index (χ0) is 25.1. The average molecular weight is 604 g/mol. The zero-order valence-electron chi connectivity index (χ0n) is 18.0. The number of benzene rings is 2. The Balaban J connectivity index is 1.48. The zero-order valence-corrected chi connectivity index (χ0v) is 23.6. The molecule has 0 saturated carbocycles. The van der Waals surface area contributed by atoms with Gasteiger partial charge in [-0.1, -0.05) is 23.2 Å². The minimum atomic E-state index is -3.98. The number of nitrogens with one attached hydrogen (secondary N) is 2. The number of aryl methyl sites for hydroxylation is 2. The highest BCUT2D eigenvalue weighted by Gasteiger charge is 2.26. The van der Waals surface area contributed by atoms with Gasteiger partial charge in [-0.3, -0.25) is 9.44 Å². The second-order valence-corrected chi connectivity index (χ2v) is 15.2. The van der Waals surface area contributed by atoms with E-state index < -0.39 is 20.0 Å². The maximum Gasteiger partial charge on any atom is 0.271 e. The van der Waals surface area contributed by atoms with Gasteiger partial charge in [-0.15, -0.1) is 34.0 Å². The van der Waals surface area contributed by atoms with Crippen molar-refractivity contribution in [3.05, 3.63) is 68.3 Å². The largest absolute Gasteiger partial charge is 0.276 e. The standard InChI is InChI=1S/C22H16Cl2N2O4S5/c1-11-15-7-13(23)3-5-19(15)32-21(11)34(27,28)25-17-9-31-10-18(17)26-35(29,30)22-12(2)16-8-14(24)4-6-20(16)33-22/h3-10,25-26H,1-2H3. The van der Waals surface area contributed by atoms with E-state index in [2.05, 4.69) is 9.44 Å². The molecule has 13 heteroatoms. The van der Waals surface area contributed by atoms with Crippen molar-refractivity contribution in [1.82, 2.24) is 0 Å². The molecule has 0 aliphatic rings. The van der Waals surface area contributed by atoms with Crippen molar-refractivity contribution in [2.45, 2.75) is 22.3 Å². The van der Waals surface area contributed by atoms with Gasteiger partial charge in [0.05, 0.1) is 11.4 Å². The van der Waals surface area contributed by atoms with Crippen LogP contribution in [0.4, 0.5) is 11.4 Å². The van der Waals surface area contributed by atoms with E-state index in [1.165, 1.54) is 11.3 Å². The third-order valence-corrected chi connectivity index (χ3v) is 13.1. The van der Waals surface area contributed by atoms with Crippen LogP contribution in [0, 0.1) is 13.8 Å². The number of halogens is 2. The van der Waals surface area contributed by atoms with Crippen molar-refractivity contribution >= 4 is 109 Å². The Bertz CT molecular complexity index is 1700. The fourth-order valence-electron chi connectivity index (χ4n) is 3.69. The first-order chi connectivity index (χ1) is 16.5. The molecule has 0 unspecified atom stereocenters. The van der Waals surface area contributed by atoms with Crippen LogP contribution in [-0.4, -0.2) is 16.8 Å². The molecule has 6 nitrogen and oxygen atoms in total. The third kappa shape index (κ3) is 4.55. The molecule has 5 rings (SSSR count). The number of rotatable bonds is 6. The Labute approximate surface area is 224 Å². The summed E-state index contributed by atoms with van der Waals surface area (Å²) in [6, 6.07) is 10.4. The molecule has 3 heterocycles. The van der Waals surface area contributed by atoms with Crippen molar-refractivity contribution < 1.29 is 16.8 Å². The number of hydrogen-bond donors (Lipinski definition) is 2. The van der Waals surface area contributed by atoms with E-state index >= 15 is 0 Å². The van der Waals surface area contributed by atoms with Crippen LogP contribution in [0.5, 0.6) is 0 Å². The first-order valence-corrected chi connectivity index (χ1v) is 16.3. The van der Waals surface area contributed by atoms with Gasteiger partial charge in [-0.25, -0.2) is 16.8 Å².